The second-order valence-corrected chi connectivity index (χ2v) is 8.77. The number of hydrogen-bond acceptors (Lipinski definition) is 9. The molecule has 0 atom stereocenters. The van der Waals surface area contributed by atoms with Gasteiger partial charge in [-0.05, 0) is 24.5 Å². The molecule has 0 aliphatic heterocycles. The first-order valence-electron chi connectivity index (χ1n) is 12.1. The number of benzene rings is 1. The highest BCUT2D eigenvalue weighted by molar-refractivity contribution is 5.85. The van der Waals surface area contributed by atoms with Gasteiger partial charge in [-0.25, -0.2) is 4.98 Å². The summed E-state index contributed by atoms with van der Waals surface area (Å²) in [5, 5.41) is 6.76. The number of imidazole rings is 1. The molecule has 0 spiro atoms. The predicted molar refractivity (Wildman–Crippen MR) is 138 cm³/mol. The third-order valence-corrected chi connectivity index (χ3v) is 6.49. The topological polar surface area (TPSA) is 108 Å². The first kappa shape index (κ1) is 23.7. The van der Waals surface area contributed by atoms with Crippen LogP contribution in [0.1, 0.15) is 43.7 Å². The third kappa shape index (κ3) is 4.84. The van der Waals surface area contributed by atoms with Gasteiger partial charge in [-0.2, -0.15) is 9.97 Å². The maximum atomic E-state index is 5.51. The number of fused-ring (bicyclic) bond motifs is 1. The average Bonchev–Trinajstić information content (AvgIpc) is 3.36. The van der Waals surface area contributed by atoms with E-state index in [-0.39, 0.29) is 0 Å². The van der Waals surface area contributed by atoms with Crippen LogP contribution in [0.2, 0.25) is 0 Å². The van der Waals surface area contributed by atoms with E-state index in [0.29, 0.717) is 47.3 Å². The van der Waals surface area contributed by atoms with E-state index in [1.165, 1.54) is 19.3 Å². The van der Waals surface area contributed by atoms with E-state index in [1.807, 2.05) is 36.8 Å². The summed E-state index contributed by atoms with van der Waals surface area (Å²) in [5.74, 6) is 2.72. The van der Waals surface area contributed by atoms with Gasteiger partial charge in [0.2, 0.25) is 11.7 Å². The first-order valence-corrected chi connectivity index (χ1v) is 12.1. The van der Waals surface area contributed by atoms with Crippen molar-refractivity contribution in [1.82, 2.24) is 24.5 Å². The summed E-state index contributed by atoms with van der Waals surface area (Å²) in [6.07, 6.45) is 11.5. The monoisotopic (exact) mass is 489 g/mol. The highest BCUT2D eigenvalue weighted by Gasteiger charge is 2.21. The van der Waals surface area contributed by atoms with Crippen LogP contribution >= 0.6 is 0 Å². The maximum Gasteiger partial charge on any atom is 0.231 e. The molecule has 1 aromatic carbocycles. The summed E-state index contributed by atoms with van der Waals surface area (Å²) in [6, 6.07) is 7.99. The Kier molecular flexibility index (Phi) is 7.01. The normalized spacial score (nSPS) is 14.0. The van der Waals surface area contributed by atoms with Gasteiger partial charge in [0.05, 0.1) is 27.7 Å². The van der Waals surface area contributed by atoms with Crippen LogP contribution in [0.3, 0.4) is 0 Å². The first-order chi connectivity index (χ1) is 17.7. The van der Waals surface area contributed by atoms with Crippen LogP contribution in [-0.4, -0.2) is 45.8 Å². The summed E-state index contributed by atoms with van der Waals surface area (Å²) in [5.41, 5.74) is 3.32. The molecular formula is C26H31N7O3. The fourth-order valence-electron chi connectivity index (χ4n) is 4.69. The standard InChI is InChI=1S/C26H31N7O3/c1-34-20-12-18(13-21(35-2)23(20)36-3)30-26-31-24(28-15-17-8-7-11-27-14-17)22-25(32-26)33(16-29-22)19-9-5-4-6-10-19/h7-8,11-14,16,19H,4-6,9-10,15H2,1-3H3,(H2,28,30,31,32). The van der Waals surface area contributed by atoms with Crippen LogP contribution in [0.5, 0.6) is 17.2 Å². The van der Waals surface area contributed by atoms with Crippen molar-refractivity contribution < 1.29 is 14.2 Å². The molecule has 0 bridgehead atoms. The SMILES string of the molecule is COc1cc(Nc2nc(NCc3cccnc3)c3ncn(C4CCCCC4)c3n2)cc(OC)c1OC. The second-order valence-electron chi connectivity index (χ2n) is 8.77. The van der Waals surface area contributed by atoms with E-state index in [2.05, 4.69) is 20.2 Å². The van der Waals surface area contributed by atoms with E-state index in [1.54, 1.807) is 27.5 Å². The predicted octanol–water partition coefficient (Wildman–Crippen LogP) is 5.11. The van der Waals surface area contributed by atoms with E-state index in [0.717, 1.165) is 29.6 Å². The molecule has 0 radical (unpaired) electrons. The summed E-state index contributed by atoms with van der Waals surface area (Å²) < 4.78 is 18.7. The van der Waals surface area contributed by atoms with Gasteiger partial charge in [0.25, 0.3) is 0 Å². The van der Waals surface area contributed by atoms with Crippen molar-refractivity contribution in [3.8, 4) is 17.2 Å². The minimum Gasteiger partial charge on any atom is -0.493 e. The van der Waals surface area contributed by atoms with Gasteiger partial charge in [0, 0.05) is 42.8 Å². The van der Waals surface area contributed by atoms with Gasteiger partial charge in [0.15, 0.2) is 28.5 Å². The molecule has 0 saturated heterocycles. The quantitative estimate of drug-likeness (QED) is 0.332. The fourth-order valence-corrected chi connectivity index (χ4v) is 4.69. The van der Waals surface area contributed by atoms with E-state index in [4.69, 9.17) is 29.2 Å². The van der Waals surface area contributed by atoms with Gasteiger partial charge in [-0.3, -0.25) is 4.98 Å². The molecule has 10 heteroatoms. The number of nitrogens with one attached hydrogen (secondary N) is 2. The van der Waals surface area contributed by atoms with Crippen LogP contribution in [0.25, 0.3) is 11.2 Å². The van der Waals surface area contributed by atoms with E-state index >= 15 is 0 Å². The Morgan fingerprint density at radius 1 is 1.00 bits per heavy atom. The number of ether oxygens (including phenoxy) is 3. The largest absolute Gasteiger partial charge is 0.493 e. The Balaban J connectivity index is 1.53. The minimum atomic E-state index is 0.388. The van der Waals surface area contributed by atoms with E-state index in [9.17, 15) is 0 Å². The molecular weight excluding hydrogens is 458 g/mol. The Labute approximate surface area is 210 Å². The van der Waals surface area contributed by atoms with Crippen LogP contribution < -0.4 is 24.8 Å². The zero-order valence-electron chi connectivity index (χ0n) is 20.8. The van der Waals surface area contributed by atoms with Crippen LogP contribution in [-0.2, 0) is 6.54 Å². The molecule has 0 unspecified atom stereocenters. The van der Waals surface area contributed by atoms with Crippen molar-refractivity contribution in [3.63, 3.8) is 0 Å². The lowest BCUT2D eigenvalue weighted by Gasteiger charge is -2.23. The molecule has 10 nitrogen and oxygen atoms in total. The zero-order valence-corrected chi connectivity index (χ0v) is 20.8. The minimum absolute atomic E-state index is 0.388. The molecule has 3 heterocycles. The fraction of sp³-hybridized carbons (Fsp3) is 0.385. The maximum absolute atomic E-state index is 5.51. The lowest BCUT2D eigenvalue weighted by Crippen LogP contribution is -2.13. The summed E-state index contributed by atoms with van der Waals surface area (Å²) >= 11 is 0. The number of rotatable bonds is 9. The van der Waals surface area contributed by atoms with Gasteiger partial charge in [-0.1, -0.05) is 25.3 Å². The molecule has 2 N–H and O–H groups in total. The molecule has 1 fully saturated rings. The van der Waals surface area contributed by atoms with Gasteiger partial charge >= 0.3 is 0 Å². The van der Waals surface area contributed by atoms with Gasteiger partial charge in [0.1, 0.15) is 0 Å². The lowest BCUT2D eigenvalue weighted by molar-refractivity contribution is 0.324. The van der Waals surface area contributed by atoms with Crippen molar-refractivity contribution >= 4 is 28.6 Å². The average molecular weight is 490 g/mol. The highest BCUT2D eigenvalue weighted by atomic mass is 16.5. The summed E-state index contributed by atoms with van der Waals surface area (Å²) in [4.78, 5) is 18.6. The lowest BCUT2D eigenvalue weighted by atomic mass is 9.95. The van der Waals surface area contributed by atoms with Crippen molar-refractivity contribution in [1.29, 1.82) is 0 Å². The molecule has 188 valence electrons. The number of pyridine rings is 1. The molecule has 4 aromatic rings. The van der Waals surface area contributed by atoms with Crippen molar-refractivity contribution in [2.45, 2.75) is 44.7 Å². The van der Waals surface area contributed by atoms with Crippen LogP contribution in [0.15, 0.2) is 43.0 Å². The summed E-state index contributed by atoms with van der Waals surface area (Å²) in [6.45, 7) is 0.569. The number of methoxy groups -OCH3 is 3. The number of anilines is 3. The van der Waals surface area contributed by atoms with Gasteiger partial charge < -0.3 is 29.4 Å². The Hall–Kier alpha value is -4.08. The summed E-state index contributed by atoms with van der Waals surface area (Å²) in [7, 11) is 4.76. The Bertz CT molecular complexity index is 1300. The number of hydrogen-bond donors (Lipinski definition) is 2. The van der Waals surface area contributed by atoms with Crippen molar-refractivity contribution in [2.24, 2.45) is 0 Å². The molecule has 1 aliphatic carbocycles. The van der Waals surface area contributed by atoms with Crippen LogP contribution in [0, 0.1) is 0 Å². The Morgan fingerprint density at radius 2 is 1.78 bits per heavy atom. The molecule has 1 saturated carbocycles. The zero-order chi connectivity index (χ0) is 24.9. The Morgan fingerprint density at radius 3 is 2.44 bits per heavy atom. The van der Waals surface area contributed by atoms with Crippen molar-refractivity contribution in [3.05, 3.63) is 48.5 Å². The number of nitrogens with zero attached hydrogens (tertiary/aromatic N) is 5. The molecule has 5 rings (SSSR count). The third-order valence-electron chi connectivity index (χ3n) is 6.49. The van der Waals surface area contributed by atoms with Crippen LogP contribution in [0.4, 0.5) is 17.5 Å². The number of aromatic nitrogens is 5. The highest BCUT2D eigenvalue weighted by Crippen LogP contribution is 2.40. The van der Waals surface area contributed by atoms with Crippen molar-refractivity contribution in [2.75, 3.05) is 32.0 Å². The molecule has 1 aliphatic rings. The molecule has 3 aromatic heterocycles. The molecule has 0 amide bonds. The molecule has 36 heavy (non-hydrogen) atoms. The second kappa shape index (κ2) is 10.7. The smallest absolute Gasteiger partial charge is 0.231 e. The van der Waals surface area contributed by atoms with E-state index < -0.39 is 0 Å². The van der Waals surface area contributed by atoms with Gasteiger partial charge in [-0.15, -0.1) is 0 Å².